The molecule has 1 N–H and O–H groups in total. The monoisotopic (exact) mass is 292 g/mol. The standard InChI is InChI=1S/C14H13ClN2OS/c1-8-12(13(18)17-9-6-7-9)19-14(16-8)10-4-2-3-5-11(10)15/h2-5,9H,6-7H2,1H3,(H,17,18). The molecule has 0 saturated heterocycles. The second kappa shape index (κ2) is 4.94. The summed E-state index contributed by atoms with van der Waals surface area (Å²) in [6.45, 7) is 1.86. The Kier molecular flexibility index (Phi) is 3.29. The van der Waals surface area contributed by atoms with Crippen molar-refractivity contribution in [3.63, 3.8) is 0 Å². The van der Waals surface area contributed by atoms with Gasteiger partial charge in [0.15, 0.2) is 0 Å². The molecule has 1 saturated carbocycles. The van der Waals surface area contributed by atoms with Crippen molar-refractivity contribution in [2.45, 2.75) is 25.8 Å². The normalized spacial score (nSPS) is 14.4. The lowest BCUT2D eigenvalue weighted by atomic mass is 10.2. The summed E-state index contributed by atoms with van der Waals surface area (Å²) in [6.07, 6.45) is 2.17. The molecule has 0 spiro atoms. The van der Waals surface area contributed by atoms with Crippen LogP contribution in [0.2, 0.25) is 5.02 Å². The van der Waals surface area contributed by atoms with E-state index in [1.807, 2.05) is 31.2 Å². The SMILES string of the molecule is Cc1nc(-c2ccccc2Cl)sc1C(=O)NC1CC1. The number of aromatic nitrogens is 1. The van der Waals surface area contributed by atoms with E-state index in [9.17, 15) is 4.79 Å². The van der Waals surface area contributed by atoms with Gasteiger partial charge in [0.05, 0.1) is 10.7 Å². The number of hydrogen-bond acceptors (Lipinski definition) is 3. The van der Waals surface area contributed by atoms with Gasteiger partial charge in [-0.1, -0.05) is 29.8 Å². The Hall–Kier alpha value is -1.39. The van der Waals surface area contributed by atoms with E-state index in [2.05, 4.69) is 10.3 Å². The van der Waals surface area contributed by atoms with Crippen molar-refractivity contribution in [2.24, 2.45) is 0 Å². The Balaban J connectivity index is 1.92. The topological polar surface area (TPSA) is 42.0 Å². The smallest absolute Gasteiger partial charge is 0.263 e. The number of aryl methyl sites for hydroxylation is 1. The highest BCUT2D eigenvalue weighted by Crippen LogP contribution is 2.33. The molecule has 0 radical (unpaired) electrons. The van der Waals surface area contributed by atoms with Gasteiger partial charge in [-0.3, -0.25) is 4.79 Å². The fraction of sp³-hybridized carbons (Fsp3) is 0.286. The highest BCUT2D eigenvalue weighted by atomic mass is 35.5. The Morgan fingerprint density at radius 2 is 2.16 bits per heavy atom. The number of benzene rings is 1. The van der Waals surface area contributed by atoms with Crippen LogP contribution in [-0.4, -0.2) is 16.9 Å². The second-order valence-electron chi connectivity index (χ2n) is 4.66. The van der Waals surface area contributed by atoms with Gasteiger partial charge in [-0.25, -0.2) is 4.98 Å². The van der Waals surface area contributed by atoms with E-state index in [1.54, 1.807) is 0 Å². The van der Waals surface area contributed by atoms with Crippen molar-refractivity contribution in [1.29, 1.82) is 0 Å². The molecule has 1 aliphatic rings. The first-order valence-corrected chi connectivity index (χ1v) is 7.38. The molecule has 0 atom stereocenters. The van der Waals surface area contributed by atoms with Crippen LogP contribution in [0.4, 0.5) is 0 Å². The van der Waals surface area contributed by atoms with Crippen molar-refractivity contribution < 1.29 is 4.79 Å². The van der Waals surface area contributed by atoms with E-state index in [0.717, 1.165) is 29.1 Å². The molecule has 3 rings (SSSR count). The molecule has 2 aromatic rings. The maximum Gasteiger partial charge on any atom is 0.263 e. The molecule has 1 aromatic carbocycles. The van der Waals surface area contributed by atoms with Crippen LogP contribution in [-0.2, 0) is 0 Å². The van der Waals surface area contributed by atoms with Crippen molar-refractivity contribution in [2.75, 3.05) is 0 Å². The molecular formula is C14H13ClN2OS. The fourth-order valence-corrected chi connectivity index (χ4v) is 3.13. The Labute approximate surface area is 120 Å². The first-order valence-electron chi connectivity index (χ1n) is 6.18. The van der Waals surface area contributed by atoms with Crippen LogP contribution in [0.3, 0.4) is 0 Å². The van der Waals surface area contributed by atoms with Crippen LogP contribution in [0.1, 0.15) is 28.2 Å². The summed E-state index contributed by atoms with van der Waals surface area (Å²) < 4.78 is 0. The van der Waals surface area contributed by atoms with Gasteiger partial charge in [-0.05, 0) is 25.8 Å². The Morgan fingerprint density at radius 1 is 1.42 bits per heavy atom. The number of nitrogens with zero attached hydrogens (tertiary/aromatic N) is 1. The summed E-state index contributed by atoms with van der Waals surface area (Å²) >= 11 is 7.56. The predicted molar refractivity (Wildman–Crippen MR) is 77.8 cm³/mol. The Bertz CT molecular complexity index is 634. The summed E-state index contributed by atoms with van der Waals surface area (Å²) in [5.41, 5.74) is 1.64. The lowest BCUT2D eigenvalue weighted by Gasteiger charge is -2.00. The minimum absolute atomic E-state index is 0.0178. The molecule has 1 aliphatic carbocycles. The third kappa shape index (κ3) is 2.65. The molecule has 0 unspecified atom stereocenters. The first-order chi connectivity index (χ1) is 9.15. The molecule has 0 bridgehead atoms. The zero-order valence-electron chi connectivity index (χ0n) is 10.4. The molecule has 5 heteroatoms. The van der Waals surface area contributed by atoms with Crippen LogP contribution in [0.25, 0.3) is 10.6 Å². The molecule has 98 valence electrons. The number of thiazole rings is 1. The molecular weight excluding hydrogens is 280 g/mol. The average molecular weight is 293 g/mol. The number of nitrogens with one attached hydrogen (secondary N) is 1. The molecule has 0 aliphatic heterocycles. The minimum Gasteiger partial charge on any atom is -0.349 e. The quantitative estimate of drug-likeness (QED) is 0.938. The van der Waals surface area contributed by atoms with Crippen molar-refractivity contribution in [1.82, 2.24) is 10.3 Å². The molecule has 3 nitrogen and oxygen atoms in total. The average Bonchev–Trinajstić information content (AvgIpc) is 3.10. The largest absolute Gasteiger partial charge is 0.349 e. The highest BCUT2D eigenvalue weighted by Gasteiger charge is 2.26. The van der Waals surface area contributed by atoms with Crippen molar-refractivity contribution >= 4 is 28.8 Å². The summed E-state index contributed by atoms with van der Waals surface area (Å²) in [6, 6.07) is 7.91. The lowest BCUT2D eigenvalue weighted by Crippen LogP contribution is -2.25. The maximum atomic E-state index is 12.1. The lowest BCUT2D eigenvalue weighted by molar-refractivity contribution is 0.0954. The Morgan fingerprint density at radius 3 is 2.84 bits per heavy atom. The van der Waals surface area contributed by atoms with Crippen LogP contribution in [0.5, 0.6) is 0 Å². The highest BCUT2D eigenvalue weighted by molar-refractivity contribution is 7.17. The number of carbonyl (C=O) groups is 1. The van der Waals surface area contributed by atoms with E-state index >= 15 is 0 Å². The van der Waals surface area contributed by atoms with Crippen molar-refractivity contribution in [3.8, 4) is 10.6 Å². The summed E-state index contributed by atoms with van der Waals surface area (Å²) in [7, 11) is 0. The third-order valence-corrected chi connectivity index (χ3v) is 4.54. The number of amides is 1. The fourth-order valence-electron chi connectivity index (χ4n) is 1.84. The van der Waals surface area contributed by atoms with E-state index in [4.69, 9.17) is 11.6 Å². The van der Waals surface area contributed by atoms with E-state index in [1.165, 1.54) is 11.3 Å². The van der Waals surface area contributed by atoms with Gasteiger partial charge in [0.2, 0.25) is 0 Å². The van der Waals surface area contributed by atoms with E-state index < -0.39 is 0 Å². The zero-order valence-corrected chi connectivity index (χ0v) is 12.0. The van der Waals surface area contributed by atoms with Gasteiger partial charge in [0.1, 0.15) is 9.88 Å². The van der Waals surface area contributed by atoms with Gasteiger partial charge in [-0.2, -0.15) is 0 Å². The molecule has 1 fully saturated rings. The summed E-state index contributed by atoms with van der Waals surface area (Å²) in [4.78, 5) is 17.2. The van der Waals surface area contributed by atoms with Crippen LogP contribution < -0.4 is 5.32 Å². The van der Waals surface area contributed by atoms with Gasteiger partial charge >= 0.3 is 0 Å². The molecule has 1 heterocycles. The molecule has 1 amide bonds. The second-order valence-corrected chi connectivity index (χ2v) is 6.07. The number of rotatable bonds is 3. The number of carbonyl (C=O) groups excluding carboxylic acids is 1. The van der Waals surface area contributed by atoms with Crippen LogP contribution in [0, 0.1) is 6.92 Å². The minimum atomic E-state index is -0.0178. The first kappa shape index (κ1) is 12.6. The summed E-state index contributed by atoms with van der Waals surface area (Å²) in [5.74, 6) is -0.0178. The van der Waals surface area contributed by atoms with Gasteiger partial charge in [0, 0.05) is 11.6 Å². The van der Waals surface area contributed by atoms with Crippen molar-refractivity contribution in [3.05, 3.63) is 39.9 Å². The predicted octanol–water partition coefficient (Wildman–Crippen LogP) is 3.66. The summed E-state index contributed by atoms with van der Waals surface area (Å²) in [5, 5.41) is 4.44. The van der Waals surface area contributed by atoms with E-state index in [0.29, 0.717) is 15.9 Å². The number of halogens is 1. The molecule has 1 aromatic heterocycles. The van der Waals surface area contributed by atoms with Gasteiger partial charge in [0.25, 0.3) is 5.91 Å². The van der Waals surface area contributed by atoms with Gasteiger partial charge in [-0.15, -0.1) is 11.3 Å². The zero-order chi connectivity index (χ0) is 13.4. The molecule has 19 heavy (non-hydrogen) atoms. The van der Waals surface area contributed by atoms with Crippen LogP contribution >= 0.6 is 22.9 Å². The van der Waals surface area contributed by atoms with E-state index in [-0.39, 0.29) is 5.91 Å². The third-order valence-electron chi connectivity index (χ3n) is 3.02. The number of hydrogen-bond donors (Lipinski definition) is 1. The van der Waals surface area contributed by atoms with Gasteiger partial charge < -0.3 is 5.32 Å². The van der Waals surface area contributed by atoms with Crippen LogP contribution in [0.15, 0.2) is 24.3 Å². The maximum absolute atomic E-state index is 12.1.